The average Bonchev–Trinajstić information content (AvgIpc) is 2.19. The molecule has 0 aromatic carbocycles. The molecule has 0 aliphatic heterocycles. The molecule has 1 aliphatic carbocycles. The molecule has 0 bridgehead atoms. The lowest BCUT2D eigenvalue weighted by Crippen LogP contribution is -2.08. The summed E-state index contributed by atoms with van der Waals surface area (Å²) < 4.78 is 9.83. The zero-order valence-corrected chi connectivity index (χ0v) is 9.04. The van der Waals surface area contributed by atoms with Crippen molar-refractivity contribution < 1.29 is 14.3 Å². The Morgan fingerprint density at radius 1 is 1.40 bits per heavy atom. The summed E-state index contributed by atoms with van der Waals surface area (Å²) >= 11 is 0. The third-order valence-corrected chi connectivity index (χ3v) is 2.28. The molecule has 3 heteroatoms. The first kappa shape index (κ1) is 11.8. The third-order valence-electron chi connectivity index (χ3n) is 2.28. The number of carbonyl (C=O) groups is 1. The van der Waals surface area contributed by atoms with Crippen LogP contribution in [0, 0.1) is 0 Å². The summed E-state index contributed by atoms with van der Waals surface area (Å²) in [5.74, 6) is 0.753. The summed E-state index contributed by atoms with van der Waals surface area (Å²) in [4.78, 5) is 11.1. The second-order valence-electron chi connectivity index (χ2n) is 3.58. The van der Waals surface area contributed by atoms with Crippen molar-refractivity contribution in [3.8, 4) is 0 Å². The van der Waals surface area contributed by atoms with Crippen molar-refractivity contribution in [3.05, 3.63) is 24.5 Å². The zero-order valence-electron chi connectivity index (χ0n) is 9.04. The summed E-state index contributed by atoms with van der Waals surface area (Å²) in [6, 6.07) is 0. The minimum atomic E-state index is -0.623. The van der Waals surface area contributed by atoms with Gasteiger partial charge in [-0.05, 0) is 25.3 Å². The van der Waals surface area contributed by atoms with E-state index in [1.165, 1.54) is 25.3 Å². The smallest absolute Gasteiger partial charge is 0.430 e. The van der Waals surface area contributed by atoms with Gasteiger partial charge in [-0.2, -0.15) is 0 Å². The van der Waals surface area contributed by atoms with E-state index in [2.05, 4.69) is 6.58 Å². The lowest BCUT2D eigenvalue weighted by atomic mass is 10.1. The van der Waals surface area contributed by atoms with Crippen LogP contribution in [0.5, 0.6) is 0 Å². The minimum Gasteiger partial charge on any atom is -0.430 e. The number of hydrogen-bond donors (Lipinski definition) is 0. The van der Waals surface area contributed by atoms with Gasteiger partial charge in [-0.25, -0.2) is 4.79 Å². The van der Waals surface area contributed by atoms with Gasteiger partial charge < -0.3 is 9.47 Å². The Kier molecular flexibility index (Phi) is 5.59. The van der Waals surface area contributed by atoms with Gasteiger partial charge in [0.15, 0.2) is 0 Å². The molecule has 1 rings (SSSR count). The SMILES string of the molecule is C=CCOC(=O)O/C1=C/CCCCCC1. The first-order chi connectivity index (χ1) is 7.33. The molecule has 0 amide bonds. The molecule has 0 aromatic rings. The fourth-order valence-corrected chi connectivity index (χ4v) is 1.52. The second kappa shape index (κ2) is 7.10. The Balaban J connectivity index is 2.33. The first-order valence-corrected chi connectivity index (χ1v) is 5.47. The predicted molar refractivity (Wildman–Crippen MR) is 58.4 cm³/mol. The van der Waals surface area contributed by atoms with Gasteiger partial charge in [-0.15, -0.1) is 0 Å². The van der Waals surface area contributed by atoms with Crippen LogP contribution in [0.15, 0.2) is 24.5 Å². The minimum absolute atomic E-state index is 0.201. The van der Waals surface area contributed by atoms with E-state index < -0.39 is 6.16 Å². The second-order valence-corrected chi connectivity index (χ2v) is 3.58. The van der Waals surface area contributed by atoms with Crippen LogP contribution in [0.1, 0.15) is 38.5 Å². The van der Waals surface area contributed by atoms with Crippen molar-refractivity contribution >= 4 is 6.16 Å². The van der Waals surface area contributed by atoms with Gasteiger partial charge in [0.2, 0.25) is 0 Å². The molecule has 0 heterocycles. The van der Waals surface area contributed by atoms with Crippen LogP contribution in [-0.4, -0.2) is 12.8 Å². The molecule has 0 radical (unpaired) electrons. The Morgan fingerprint density at radius 3 is 3.00 bits per heavy atom. The summed E-state index contributed by atoms with van der Waals surface area (Å²) in [7, 11) is 0. The standard InChI is InChI=1S/C12H18O3/c1-2-10-14-12(13)15-11-8-6-4-3-5-7-9-11/h2,8H,1,3-7,9-10H2/b11-8+. The quantitative estimate of drug-likeness (QED) is 0.527. The lowest BCUT2D eigenvalue weighted by Gasteiger charge is -2.11. The Hall–Kier alpha value is -1.25. The van der Waals surface area contributed by atoms with E-state index in [-0.39, 0.29) is 6.61 Å². The molecule has 1 aliphatic rings. The fourth-order valence-electron chi connectivity index (χ4n) is 1.52. The molecule has 0 unspecified atom stereocenters. The third kappa shape index (κ3) is 5.25. The lowest BCUT2D eigenvalue weighted by molar-refractivity contribution is 0.0834. The van der Waals surface area contributed by atoms with E-state index in [1.807, 2.05) is 6.08 Å². The summed E-state index contributed by atoms with van der Waals surface area (Å²) in [6.45, 7) is 3.66. The van der Waals surface area contributed by atoms with E-state index in [0.717, 1.165) is 25.0 Å². The summed E-state index contributed by atoms with van der Waals surface area (Å²) in [5.41, 5.74) is 0. The van der Waals surface area contributed by atoms with Crippen LogP contribution >= 0.6 is 0 Å². The van der Waals surface area contributed by atoms with E-state index in [0.29, 0.717) is 0 Å². The first-order valence-electron chi connectivity index (χ1n) is 5.47. The van der Waals surface area contributed by atoms with Gasteiger partial charge in [0.05, 0.1) is 0 Å². The van der Waals surface area contributed by atoms with Crippen LogP contribution in [0.25, 0.3) is 0 Å². The van der Waals surface area contributed by atoms with Gasteiger partial charge >= 0.3 is 6.16 Å². The average molecular weight is 210 g/mol. The molecule has 0 saturated carbocycles. The van der Waals surface area contributed by atoms with Gasteiger partial charge in [-0.1, -0.05) is 25.5 Å². The summed E-state index contributed by atoms with van der Waals surface area (Å²) in [5, 5.41) is 0. The van der Waals surface area contributed by atoms with Crippen molar-refractivity contribution in [2.75, 3.05) is 6.61 Å². The highest BCUT2D eigenvalue weighted by Crippen LogP contribution is 2.18. The van der Waals surface area contributed by atoms with E-state index in [9.17, 15) is 4.79 Å². The van der Waals surface area contributed by atoms with Crippen molar-refractivity contribution in [1.82, 2.24) is 0 Å². The fraction of sp³-hybridized carbons (Fsp3) is 0.583. The van der Waals surface area contributed by atoms with Gasteiger partial charge in [0.25, 0.3) is 0 Å². The Morgan fingerprint density at radius 2 is 2.20 bits per heavy atom. The highest BCUT2D eigenvalue weighted by Gasteiger charge is 2.09. The van der Waals surface area contributed by atoms with Crippen LogP contribution in [0.4, 0.5) is 4.79 Å². The zero-order chi connectivity index (χ0) is 10.9. The van der Waals surface area contributed by atoms with E-state index in [1.54, 1.807) is 0 Å². The number of rotatable bonds is 3. The molecule has 0 N–H and O–H groups in total. The molecule has 3 nitrogen and oxygen atoms in total. The molecule has 0 fully saturated rings. The van der Waals surface area contributed by atoms with E-state index >= 15 is 0 Å². The number of carbonyl (C=O) groups excluding carboxylic acids is 1. The number of hydrogen-bond acceptors (Lipinski definition) is 3. The van der Waals surface area contributed by atoms with Gasteiger partial charge in [0, 0.05) is 6.42 Å². The largest absolute Gasteiger partial charge is 0.513 e. The van der Waals surface area contributed by atoms with Crippen molar-refractivity contribution in [2.45, 2.75) is 38.5 Å². The highest BCUT2D eigenvalue weighted by molar-refractivity contribution is 5.61. The van der Waals surface area contributed by atoms with Crippen molar-refractivity contribution in [2.24, 2.45) is 0 Å². The van der Waals surface area contributed by atoms with E-state index in [4.69, 9.17) is 9.47 Å². The molecular formula is C12H18O3. The number of ether oxygens (including phenoxy) is 2. The maximum atomic E-state index is 11.1. The molecule has 0 aromatic heterocycles. The number of allylic oxidation sites excluding steroid dienone is 2. The summed E-state index contributed by atoms with van der Waals surface area (Å²) in [6.07, 6.45) is 9.46. The topological polar surface area (TPSA) is 35.5 Å². The molecule has 0 atom stereocenters. The predicted octanol–water partition coefficient (Wildman–Crippen LogP) is 3.56. The highest BCUT2D eigenvalue weighted by atomic mass is 16.7. The maximum absolute atomic E-state index is 11.1. The molecule has 15 heavy (non-hydrogen) atoms. The Labute approximate surface area is 90.8 Å². The van der Waals surface area contributed by atoms with Gasteiger partial charge in [-0.3, -0.25) is 0 Å². The van der Waals surface area contributed by atoms with Crippen molar-refractivity contribution in [1.29, 1.82) is 0 Å². The van der Waals surface area contributed by atoms with Crippen molar-refractivity contribution in [3.63, 3.8) is 0 Å². The molecule has 84 valence electrons. The maximum Gasteiger partial charge on any atom is 0.513 e. The molecule has 0 saturated heterocycles. The Bertz CT molecular complexity index is 243. The molecular weight excluding hydrogens is 192 g/mol. The normalized spacial score (nSPS) is 20.4. The molecule has 0 spiro atoms. The van der Waals surface area contributed by atoms with Crippen LogP contribution in [-0.2, 0) is 9.47 Å². The van der Waals surface area contributed by atoms with Crippen LogP contribution in [0.2, 0.25) is 0 Å². The van der Waals surface area contributed by atoms with Gasteiger partial charge in [0.1, 0.15) is 12.4 Å². The van der Waals surface area contributed by atoms with Crippen LogP contribution in [0.3, 0.4) is 0 Å². The van der Waals surface area contributed by atoms with Crippen LogP contribution < -0.4 is 0 Å². The monoisotopic (exact) mass is 210 g/mol.